The van der Waals surface area contributed by atoms with Crippen molar-refractivity contribution in [1.82, 2.24) is 9.88 Å². The molecule has 2 aromatic heterocycles. The first-order valence-corrected chi connectivity index (χ1v) is 8.52. The molecule has 1 N–H and O–H groups in total. The molecule has 0 aliphatic carbocycles. The van der Waals surface area contributed by atoms with E-state index in [4.69, 9.17) is 8.83 Å². The molecule has 3 heterocycles. The third-order valence-electron chi connectivity index (χ3n) is 4.60. The predicted octanol–water partition coefficient (Wildman–Crippen LogP) is 3.39. The van der Waals surface area contributed by atoms with Crippen LogP contribution in [0.25, 0.3) is 0 Å². The topological polar surface area (TPSA) is 79.7 Å². The lowest BCUT2D eigenvalue weighted by Crippen LogP contribution is -2.41. The second-order valence-electron chi connectivity index (χ2n) is 6.42. The number of furan rings is 1. The van der Waals surface area contributed by atoms with Crippen molar-refractivity contribution < 1.29 is 18.7 Å². The molecule has 1 saturated heterocycles. The molecule has 1 fully saturated rings. The Balaban J connectivity index is 1.79. The van der Waals surface area contributed by atoms with Gasteiger partial charge in [-0.2, -0.15) is 0 Å². The zero-order chi connectivity index (χ0) is 17.1. The summed E-state index contributed by atoms with van der Waals surface area (Å²) in [5.41, 5.74) is 0.618. The molecule has 0 saturated carbocycles. The number of rotatable bonds is 4. The van der Waals surface area contributed by atoms with E-state index >= 15 is 0 Å². The highest BCUT2D eigenvalue weighted by Crippen LogP contribution is 2.28. The first-order chi connectivity index (χ1) is 11.6. The fraction of sp³-hybridized carbons (Fsp3) is 0.556. The van der Waals surface area contributed by atoms with Crippen molar-refractivity contribution in [3.05, 3.63) is 41.5 Å². The number of aliphatic hydroxyl groups excluding tert-OH is 1. The fourth-order valence-corrected chi connectivity index (χ4v) is 3.40. The summed E-state index contributed by atoms with van der Waals surface area (Å²) < 4.78 is 10.8. The van der Waals surface area contributed by atoms with Crippen molar-refractivity contribution in [1.29, 1.82) is 0 Å². The van der Waals surface area contributed by atoms with E-state index in [1.165, 1.54) is 0 Å². The van der Waals surface area contributed by atoms with Crippen molar-refractivity contribution in [2.75, 3.05) is 6.54 Å². The van der Waals surface area contributed by atoms with Crippen LogP contribution in [0.4, 0.5) is 0 Å². The van der Waals surface area contributed by atoms with Gasteiger partial charge in [0.1, 0.15) is 11.9 Å². The molecule has 1 aliphatic heterocycles. The zero-order valence-electron chi connectivity index (χ0n) is 14.2. The van der Waals surface area contributed by atoms with Gasteiger partial charge in [-0.25, -0.2) is 4.98 Å². The number of nitrogens with zero attached hydrogens (tertiary/aromatic N) is 2. The van der Waals surface area contributed by atoms with E-state index in [-0.39, 0.29) is 11.9 Å². The maximum absolute atomic E-state index is 13.0. The zero-order valence-corrected chi connectivity index (χ0v) is 14.2. The van der Waals surface area contributed by atoms with Gasteiger partial charge in [0.15, 0.2) is 5.89 Å². The third-order valence-corrected chi connectivity index (χ3v) is 4.60. The normalized spacial score (nSPS) is 20.0. The summed E-state index contributed by atoms with van der Waals surface area (Å²) in [6.07, 6.45) is 5.27. The highest BCUT2D eigenvalue weighted by molar-refractivity contribution is 5.92. The Bertz CT molecular complexity index is 677. The number of aromatic nitrogens is 1. The van der Waals surface area contributed by atoms with Crippen LogP contribution in [0.15, 0.2) is 27.2 Å². The minimum absolute atomic E-state index is 0.0371. The number of likely N-dealkylation sites (tertiary alicyclic amines) is 1. The molecule has 6 nitrogen and oxygen atoms in total. The number of aliphatic hydroxyl groups is 1. The summed E-state index contributed by atoms with van der Waals surface area (Å²) in [6, 6.07) is 3.48. The fourth-order valence-electron chi connectivity index (χ4n) is 3.40. The van der Waals surface area contributed by atoms with Crippen LogP contribution in [0.5, 0.6) is 0 Å². The Hall–Kier alpha value is -2.08. The molecule has 2 atom stereocenters. The molecule has 2 aromatic rings. The minimum Gasteiger partial charge on any atom is -0.467 e. The molecule has 3 rings (SSSR count). The van der Waals surface area contributed by atoms with Gasteiger partial charge >= 0.3 is 0 Å². The quantitative estimate of drug-likeness (QED) is 0.928. The van der Waals surface area contributed by atoms with Crippen LogP contribution in [0.1, 0.15) is 66.1 Å². The smallest absolute Gasteiger partial charge is 0.291 e. The molecule has 130 valence electrons. The molecule has 24 heavy (non-hydrogen) atoms. The van der Waals surface area contributed by atoms with Gasteiger partial charge in [0.2, 0.25) is 5.76 Å². The number of hydrogen-bond donors (Lipinski definition) is 1. The first-order valence-electron chi connectivity index (χ1n) is 8.52. The Labute approximate surface area is 141 Å². The van der Waals surface area contributed by atoms with E-state index in [2.05, 4.69) is 4.98 Å². The van der Waals surface area contributed by atoms with Crippen LogP contribution >= 0.6 is 0 Å². The van der Waals surface area contributed by atoms with E-state index in [1.54, 1.807) is 32.2 Å². The summed E-state index contributed by atoms with van der Waals surface area (Å²) in [5, 5.41) is 10.4. The average Bonchev–Trinajstić information content (AvgIpc) is 3.13. The lowest BCUT2D eigenvalue weighted by Gasteiger charge is -2.30. The van der Waals surface area contributed by atoms with E-state index in [1.807, 2.05) is 4.90 Å². The molecular formula is C18H24N2O4. The Kier molecular flexibility index (Phi) is 5.04. The predicted molar refractivity (Wildman–Crippen MR) is 87.6 cm³/mol. The van der Waals surface area contributed by atoms with Crippen LogP contribution in [0.3, 0.4) is 0 Å². The van der Waals surface area contributed by atoms with Crippen molar-refractivity contribution in [3.63, 3.8) is 0 Å². The Morgan fingerprint density at radius 3 is 2.92 bits per heavy atom. The van der Waals surface area contributed by atoms with Crippen molar-refractivity contribution in [3.8, 4) is 0 Å². The van der Waals surface area contributed by atoms with Crippen molar-refractivity contribution >= 4 is 5.91 Å². The van der Waals surface area contributed by atoms with Gasteiger partial charge in [-0.15, -0.1) is 0 Å². The summed E-state index contributed by atoms with van der Waals surface area (Å²) in [6.45, 7) is 4.20. The lowest BCUT2D eigenvalue weighted by atomic mass is 10.0. The second kappa shape index (κ2) is 7.21. The van der Waals surface area contributed by atoms with E-state index in [0.717, 1.165) is 25.7 Å². The van der Waals surface area contributed by atoms with Crippen molar-refractivity contribution in [2.24, 2.45) is 0 Å². The van der Waals surface area contributed by atoms with Gasteiger partial charge in [0.25, 0.3) is 5.91 Å². The number of hydrogen-bond acceptors (Lipinski definition) is 5. The van der Waals surface area contributed by atoms with Gasteiger partial charge in [0, 0.05) is 25.9 Å². The molecular weight excluding hydrogens is 308 g/mol. The minimum atomic E-state index is -0.712. The highest BCUT2D eigenvalue weighted by atomic mass is 16.4. The van der Waals surface area contributed by atoms with Crippen LogP contribution in [-0.2, 0) is 0 Å². The number of aryl methyl sites for hydroxylation is 2. The number of carbonyl (C=O) groups is 1. The summed E-state index contributed by atoms with van der Waals surface area (Å²) in [5.74, 6) is 1.22. The maximum atomic E-state index is 13.0. The van der Waals surface area contributed by atoms with E-state index in [0.29, 0.717) is 36.1 Å². The maximum Gasteiger partial charge on any atom is 0.291 e. The van der Waals surface area contributed by atoms with Gasteiger partial charge in [-0.1, -0.05) is 12.8 Å². The summed E-state index contributed by atoms with van der Waals surface area (Å²) in [4.78, 5) is 19.0. The van der Waals surface area contributed by atoms with Crippen LogP contribution in [-0.4, -0.2) is 33.5 Å². The van der Waals surface area contributed by atoms with Crippen LogP contribution in [0.2, 0.25) is 0 Å². The van der Waals surface area contributed by atoms with Gasteiger partial charge < -0.3 is 18.8 Å². The van der Waals surface area contributed by atoms with Gasteiger partial charge in [-0.05, 0) is 31.9 Å². The number of amides is 1. The molecule has 0 bridgehead atoms. The Morgan fingerprint density at radius 1 is 1.42 bits per heavy atom. The molecule has 0 radical (unpaired) electrons. The Morgan fingerprint density at radius 2 is 2.25 bits per heavy atom. The number of oxazole rings is 1. The first kappa shape index (κ1) is 16.8. The third kappa shape index (κ3) is 3.53. The molecule has 0 aromatic carbocycles. The largest absolute Gasteiger partial charge is 0.467 e. The second-order valence-corrected chi connectivity index (χ2v) is 6.42. The van der Waals surface area contributed by atoms with E-state index in [9.17, 15) is 9.90 Å². The molecule has 0 unspecified atom stereocenters. The van der Waals surface area contributed by atoms with Gasteiger partial charge in [0.05, 0.1) is 12.0 Å². The highest BCUT2D eigenvalue weighted by Gasteiger charge is 2.31. The summed E-state index contributed by atoms with van der Waals surface area (Å²) >= 11 is 0. The van der Waals surface area contributed by atoms with Gasteiger partial charge in [-0.3, -0.25) is 4.79 Å². The van der Waals surface area contributed by atoms with Crippen LogP contribution < -0.4 is 0 Å². The monoisotopic (exact) mass is 332 g/mol. The van der Waals surface area contributed by atoms with E-state index < -0.39 is 6.10 Å². The standard InChI is InChI=1S/C18H24N2O4/c1-12-17(24-13(2)19-12)18(22)20-9-5-3-4-7-14(20)11-15(21)16-8-6-10-23-16/h6,8,10,14-15,21H,3-5,7,9,11H2,1-2H3/t14-,15+/m1/s1. The average molecular weight is 332 g/mol. The number of carbonyl (C=O) groups excluding carboxylic acids is 1. The lowest BCUT2D eigenvalue weighted by molar-refractivity contribution is 0.0527. The molecule has 0 spiro atoms. The van der Waals surface area contributed by atoms with Crippen molar-refractivity contribution in [2.45, 2.75) is 58.1 Å². The summed E-state index contributed by atoms with van der Waals surface area (Å²) in [7, 11) is 0. The molecule has 1 aliphatic rings. The van der Waals surface area contributed by atoms with Crippen LogP contribution in [0, 0.1) is 13.8 Å². The SMILES string of the molecule is Cc1nc(C)c(C(=O)N2CCCCC[C@@H]2C[C@H](O)c2ccco2)o1. The molecule has 6 heteroatoms. The molecule has 1 amide bonds.